The molecule has 0 amide bonds. The van der Waals surface area contributed by atoms with Crippen LogP contribution >= 0.6 is 0 Å². The van der Waals surface area contributed by atoms with Crippen molar-refractivity contribution in [1.29, 1.82) is 0 Å². The Labute approximate surface area is 126 Å². The molecule has 0 aliphatic carbocycles. The zero-order chi connectivity index (χ0) is 15.3. The number of hydrogen-bond donors (Lipinski definition) is 1. The second kappa shape index (κ2) is 7.77. The van der Waals surface area contributed by atoms with E-state index in [9.17, 15) is 0 Å². The van der Waals surface area contributed by atoms with Gasteiger partial charge in [-0.25, -0.2) is 0 Å². The Balaban J connectivity index is 2.68. The predicted octanol–water partition coefficient (Wildman–Crippen LogP) is 3.15. The van der Waals surface area contributed by atoms with Crippen LogP contribution in [0.5, 0.6) is 0 Å². The van der Waals surface area contributed by atoms with Gasteiger partial charge in [-0.2, -0.15) is 0 Å². The van der Waals surface area contributed by atoms with Crippen molar-refractivity contribution < 1.29 is 4.74 Å². The third kappa shape index (κ3) is 5.71. The summed E-state index contributed by atoms with van der Waals surface area (Å²) in [7, 11) is 0. The number of nitrogens with one attached hydrogen (secondary N) is 1. The molecule has 0 bridgehead atoms. The zero-order valence-corrected chi connectivity index (χ0v) is 14.7. The van der Waals surface area contributed by atoms with E-state index in [1.54, 1.807) is 0 Å². The van der Waals surface area contributed by atoms with Gasteiger partial charge in [0.25, 0.3) is 0 Å². The Hall–Kier alpha value is -0.120. The van der Waals surface area contributed by atoms with Crippen LogP contribution in [0.15, 0.2) is 0 Å². The molecule has 0 radical (unpaired) electrons. The van der Waals surface area contributed by atoms with Gasteiger partial charge in [0.05, 0.1) is 5.60 Å². The zero-order valence-electron chi connectivity index (χ0n) is 14.7. The van der Waals surface area contributed by atoms with Crippen molar-refractivity contribution in [2.24, 2.45) is 11.8 Å². The monoisotopic (exact) mass is 284 g/mol. The standard InChI is InChI=1S/C17H36N2O/c1-8-20-17(6,7)12-19-11-15(9-13(2)3)18-10-16(19)14(4)5/h13-16,18H,8-12H2,1-7H3. The normalized spacial score (nSPS) is 25.6. The number of ether oxygens (including phenoxy) is 1. The van der Waals surface area contributed by atoms with Gasteiger partial charge in [0, 0.05) is 38.3 Å². The maximum absolute atomic E-state index is 5.91. The minimum Gasteiger partial charge on any atom is -0.375 e. The highest BCUT2D eigenvalue weighted by Gasteiger charge is 2.33. The third-order valence-electron chi connectivity index (χ3n) is 4.18. The predicted molar refractivity (Wildman–Crippen MR) is 87.1 cm³/mol. The lowest BCUT2D eigenvalue weighted by Crippen LogP contribution is -2.61. The van der Waals surface area contributed by atoms with Crippen LogP contribution in [0.1, 0.15) is 54.9 Å². The van der Waals surface area contributed by atoms with Crippen molar-refractivity contribution in [3.63, 3.8) is 0 Å². The molecule has 1 heterocycles. The summed E-state index contributed by atoms with van der Waals surface area (Å²) < 4.78 is 5.91. The second-order valence-electron chi connectivity index (χ2n) is 7.67. The fourth-order valence-corrected chi connectivity index (χ4v) is 3.39. The first-order valence-electron chi connectivity index (χ1n) is 8.36. The molecule has 3 nitrogen and oxygen atoms in total. The highest BCUT2D eigenvalue weighted by molar-refractivity contribution is 4.91. The Morgan fingerprint density at radius 3 is 2.40 bits per heavy atom. The van der Waals surface area contributed by atoms with Crippen LogP contribution in [0.2, 0.25) is 0 Å². The molecule has 1 fully saturated rings. The lowest BCUT2D eigenvalue weighted by molar-refractivity contribution is -0.0543. The molecule has 0 spiro atoms. The molecule has 0 aromatic carbocycles. The SMILES string of the molecule is CCOC(C)(C)CN1CC(CC(C)C)NCC1C(C)C. The number of rotatable bonds is 7. The summed E-state index contributed by atoms with van der Waals surface area (Å²) in [5.74, 6) is 1.43. The number of piperazine rings is 1. The van der Waals surface area contributed by atoms with Crippen LogP contribution in [0, 0.1) is 11.8 Å². The van der Waals surface area contributed by atoms with E-state index in [1.807, 2.05) is 0 Å². The molecule has 2 atom stereocenters. The first-order valence-corrected chi connectivity index (χ1v) is 8.36. The average molecular weight is 284 g/mol. The molecule has 1 aliphatic rings. The first-order chi connectivity index (χ1) is 9.25. The minimum atomic E-state index is -0.0540. The topological polar surface area (TPSA) is 24.5 Å². The molecular weight excluding hydrogens is 248 g/mol. The summed E-state index contributed by atoms with van der Waals surface area (Å²) in [6.07, 6.45) is 1.26. The molecule has 120 valence electrons. The largest absolute Gasteiger partial charge is 0.375 e. The summed E-state index contributed by atoms with van der Waals surface area (Å²) in [6.45, 7) is 19.9. The fraction of sp³-hybridized carbons (Fsp3) is 1.00. The fourth-order valence-electron chi connectivity index (χ4n) is 3.39. The van der Waals surface area contributed by atoms with Crippen LogP contribution in [-0.2, 0) is 4.74 Å². The van der Waals surface area contributed by atoms with Crippen LogP contribution in [0.3, 0.4) is 0 Å². The van der Waals surface area contributed by atoms with E-state index >= 15 is 0 Å². The summed E-state index contributed by atoms with van der Waals surface area (Å²) in [6, 6.07) is 1.25. The molecule has 0 aromatic rings. The van der Waals surface area contributed by atoms with Gasteiger partial charge in [-0.15, -0.1) is 0 Å². The van der Waals surface area contributed by atoms with Gasteiger partial charge in [-0.05, 0) is 39.0 Å². The van der Waals surface area contributed by atoms with Crippen LogP contribution in [-0.4, -0.2) is 48.8 Å². The van der Waals surface area contributed by atoms with E-state index < -0.39 is 0 Å². The average Bonchev–Trinajstić information content (AvgIpc) is 2.26. The van der Waals surface area contributed by atoms with E-state index in [-0.39, 0.29) is 5.60 Å². The maximum Gasteiger partial charge on any atom is 0.0752 e. The number of hydrogen-bond acceptors (Lipinski definition) is 3. The Bertz CT molecular complexity index is 276. The van der Waals surface area contributed by atoms with E-state index in [0.717, 1.165) is 32.2 Å². The molecule has 3 heteroatoms. The van der Waals surface area contributed by atoms with E-state index in [0.29, 0.717) is 18.0 Å². The highest BCUT2D eigenvalue weighted by Crippen LogP contribution is 2.22. The van der Waals surface area contributed by atoms with Gasteiger partial charge in [-0.1, -0.05) is 27.7 Å². The van der Waals surface area contributed by atoms with Crippen LogP contribution in [0.4, 0.5) is 0 Å². The van der Waals surface area contributed by atoms with Crippen LogP contribution < -0.4 is 5.32 Å². The van der Waals surface area contributed by atoms with E-state index in [4.69, 9.17) is 4.74 Å². The molecule has 1 saturated heterocycles. The van der Waals surface area contributed by atoms with Crippen molar-refractivity contribution in [3.05, 3.63) is 0 Å². The van der Waals surface area contributed by atoms with Gasteiger partial charge in [0.2, 0.25) is 0 Å². The smallest absolute Gasteiger partial charge is 0.0752 e. The molecule has 1 rings (SSSR count). The van der Waals surface area contributed by atoms with Gasteiger partial charge in [-0.3, -0.25) is 4.90 Å². The van der Waals surface area contributed by atoms with Crippen molar-refractivity contribution >= 4 is 0 Å². The lowest BCUT2D eigenvalue weighted by atomic mass is 9.93. The Morgan fingerprint density at radius 2 is 1.90 bits per heavy atom. The molecule has 0 aromatic heterocycles. The number of nitrogens with zero attached hydrogens (tertiary/aromatic N) is 1. The Morgan fingerprint density at radius 1 is 1.25 bits per heavy atom. The van der Waals surface area contributed by atoms with E-state index in [1.165, 1.54) is 6.42 Å². The van der Waals surface area contributed by atoms with Gasteiger partial charge < -0.3 is 10.1 Å². The van der Waals surface area contributed by atoms with Crippen molar-refractivity contribution in [2.75, 3.05) is 26.2 Å². The van der Waals surface area contributed by atoms with Gasteiger partial charge in [0.15, 0.2) is 0 Å². The first kappa shape index (κ1) is 17.9. The summed E-state index contributed by atoms with van der Waals surface area (Å²) in [5.41, 5.74) is -0.0540. The maximum atomic E-state index is 5.91. The molecule has 1 aliphatic heterocycles. The van der Waals surface area contributed by atoms with E-state index in [2.05, 4.69) is 58.7 Å². The quantitative estimate of drug-likeness (QED) is 0.777. The molecule has 2 unspecified atom stereocenters. The summed E-state index contributed by atoms with van der Waals surface area (Å²) in [4.78, 5) is 2.66. The minimum absolute atomic E-state index is 0.0540. The Kier molecular flexibility index (Phi) is 6.96. The van der Waals surface area contributed by atoms with Gasteiger partial charge in [0.1, 0.15) is 0 Å². The van der Waals surface area contributed by atoms with Crippen molar-refractivity contribution in [3.8, 4) is 0 Å². The lowest BCUT2D eigenvalue weighted by Gasteiger charge is -2.45. The third-order valence-corrected chi connectivity index (χ3v) is 4.18. The highest BCUT2D eigenvalue weighted by atomic mass is 16.5. The summed E-state index contributed by atoms with van der Waals surface area (Å²) in [5, 5.41) is 3.75. The molecule has 20 heavy (non-hydrogen) atoms. The molecule has 0 saturated carbocycles. The van der Waals surface area contributed by atoms with Gasteiger partial charge >= 0.3 is 0 Å². The van der Waals surface area contributed by atoms with Crippen molar-refractivity contribution in [2.45, 2.75) is 72.6 Å². The second-order valence-corrected chi connectivity index (χ2v) is 7.67. The van der Waals surface area contributed by atoms with Crippen molar-refractivity contribution in [1.82, 2.24) is 10.2 Å². The molecular formula is C17H36N2O. The molecule has 1 N–H and O–H groups in total. The van der Waals surface area contributed by atoms with Crippen LogP contribution in [0.25, 0.3) is 0 Å². The summed E-state index contributed by atoms with van der Waals surface area (Å²) >= 11 is 0.